The fourth-order valence-electron chi connectivity index (χ4n) is 2.47. The predicted molar refractivity (Wildman–Crippen MR) is 67.0 cm³/mol. The summed E-state index contributed by atoms with van der Waals surface area (Å²) < 4.78 is 41.0. The van der Waals surface area contributed by atoms with E-state index in [9.17, 15) is 13.2 Å². The minimum absolute atomic E-state index is 0.0509. The molecular formula is C13H20F3N3O. The van der Waals surface area contributed by atoms with Crippen LogP contribution in [-0.2, 0) is 6.54 Å². The van der Waals surface area contributed by atoms with E-state index in [1.165, 1.54) is 0 Å². The van der Waals surface area contributed by atoms with Crippen molar-refractivity contribution in [2.75, 3.05) is 6.54 Å². The molecule has 2 rings (SSSR count). The van der Waals surface area contributed by atoms with Crippen LogP contribution >= 0.6 is 0 Å². The Morgan fingerprint density at radius 3 is 2.55 bits per heavy atom. The summed E-state index contributed by atoms with van der Waals surface area (Å²) in [6.07, 6.45) is -0.0105. The Hall–Kier alpha value is -1.11. The van der Waals surface area contributed by atoms with Gasteiger partial charge >= 0.3 is 6.18 Å². The summed E-state index contributed by atoms with van der Waals surface area (Å²) in [5.74, 6) is 1.11. The summed E-state index contributed by atoms with van der Waals surface area (Å²) in [5, 5.41) is 6.15. The lowest BCUT2D eigenvalue weighted by molar-refractivity contribution is -0.125. The van der Waals surface area contributed by atoms with Crippen LogP contribution < -0.4 is 5.32 Å². The molecule has 0 spiro atoms. The second kappa shape index (κ2) is 5.71. The fourth-order valence-corrected chi connectivity index (χ4v) is 2.47. The van der Waals surface area contributed by atoms with Gasteiger partial charge in [-0.3, -0.25) is 0 Å². The maximum absolute atomic E-state index is 12.0. The van der Waals surface area contributed by atoms with Gasteiger partial charge in [0.05, 0.1) is 13.1 Å². The van der Waals surface area contributed by atoms with Crippen LogP contribution in [0.1, 0.15) is 57.2 Å². The van der Waals surface area contributed by atoms with Gasteiger partial charge in [0.15, 0.2) is 5.82 Å². The molecule has 1 aromatic heterocycles. The number of aromatic nitrogens is 2. The first-order chi connectivity index (χ1) is 9.25. The van der Waals surface area contributed by atoms with Gasteiger partial charge in [-0.25, -0.2) is 0 Å². The van der Waals surface area contributed by atoms with Crippen molar-refractivity contribution < 1.29 is 17.7 Å². The van der Waals surface area contributed by atoms with Crippen molar-refractivity contribution in [3.63, 3.8) is 0 Å². The molecule has 4 nitrogen and oxygen atoms in total. The van der Waals surface area contributed by atoms with Crippen LogP contribution in [0.4, 0.5) is 13.2 Å². The molecule has 1 fully saturated rings. The van der Waals surface area contributed by atoms with Crippen LogP contribution in [0.25, 0.3) is 0 Å². The van der Waals surface area contributed by atoms with Crippen LogP contribution in [0.3, 0.4) is 0 Å². The molecule has 1 aromatic rings. The van der Waals surface area contributed by atoms with Gasteiger partial charge in [-0.05, 0) is 31.1 Å². The second-order valence-corrected chi connectivity index (χ2v) is 6.20. The summed E-state index contributed by atoms with van der Waals surface area (Å²) in [5.41, 5.74) is 0.358. The molecule has 0 radical (unpaired) electrons. The Labute approximate surface area is 116 Å². The Morgan fingerprint density at radius 2 is 1.95 bits per heavy atom. The van der Waals surface area contributed by atoms with E-state index in [2.05, 4.69) is 29.3 Å². The van der Waals surface area contributed by atoms with Crippen LogP contribution in [0.2, 0.25) is 0 Å². The van der Waals surface area contributed by atoms with Gasteiger partial charge in [0.2, 0.25) is 5.89 Å². The van der Waals surface area contributed by atoms with Crippen molar-refractivity contribution in [2.24, 2.45) is 5.41 Å². The number of halogens is 3. The normalized spacial score (nSPS) is 20.2. The first-order valence-electron chi connectivity index (χ1n) is 6.85. The lowest BCUT2D eigenvalue weighted by Crippen LogP contribution is -2.28. The third kappa shape index (κ3) is 4.47. The van der Waals surface area contributed by atoms with Gasteiger partial charge in [-0.2, -0.15) is 18.2 Å². The molecule has 1 saturated carbocycles. The number of rotatable bonds is 4. The van der Waals surface area contributed by atoms with Crippen molar-refractivity contribution in [1.82, 2.24) is 15.5 Å². The number of alkyl halides is 3. The number of hydrogen-bond donors (Lipinski definition) is 1. The van der Waals surface area contributed by atoms with E-state index in [1.54, 1.807) is 0 Å². The average Bonchev–Trinajstić information content (AvgIpc) is 2.76. The van der Waals surface area contributed by atoms with E-state index in [0.717, 1.165) is 25.7 Å². The molecule has 0 aliphatic heterocycles. The van der Waals surface area contributed by atoms with E-state index in [0.29, 0.717) is 11.2 Å². The number of nitrogens with zero attached hydrogens (tertiary/aromatic N) is 2. The minimum atomic E-state index is -4.22. The zero-order valence-corrected chi connectivity index (χ0v) is 11.8. The topological polar surface area (TPSA) is 51.0 Å². The van der Waals surface area contributed by atoms with Gasteiger partial charge in [0.25, 0.3) is 0 Å². The lowest BCUT2D eigenvalue weighted by Gasteiger charge is -2.32. The third-order valence-electron chi connectivity index (χ3n) is 3.79. The Bertz CT molecular complexity index is 432. The van der Waals surface area contributed by atoms with Crippen LogP contribution in [0, 0.1) is 5.41 Å². The number of nitrogens with one attached hydrogen (secondary N) is 1. The molecule has 1 aliphatic carbocycles. The molecule has 1 aliphatic rings. The lowest BCUT2D eigenvalue weighted by atomic mass is 9.73. The summed E-state index contributed by atoms with van der Waals surface area (Å²) in [6, 6.07) is 0. The van der Waals surface area contributed by atoms with Crippen LogP contribution in [0.15, 0.2) is 4.52 Å². The maximum Gasteiger partial charge on any atom is 0.401 e. The molecule has 114 valence electrons. The van der Waals surface area contributed by atoms with Crippen LogP contribution in [0.5, 0.6) is 0 Å². The van der Waals surface area contributed by atoms with E-state index >= 15 is 0 Å². The monoisotopic (exact) mass is 291 g/mol. The highest BCUT2D eigenvalue weighted by Gasteiger charge is 2.30. The minimum Gasteiger partial charge on any atom is -0.338 e. The summed E-state index contributed by atoms with van der Waals surface area (Å²) in [6.45, 7) is 3.38. The third-order valence-corrected chi connectivity index (χ3v) is 3.79. The zero-order chi connectivity index (χ0) is 14.8. The quantitative estimate of drug-likeness (QED) is 0.923. The van der Waals surface area contributed by atoms with E-state index in [-0.39, 0.29) is 18.4 Å². The van der Waals surface area contributed by atoms with E-state index in [1.807, 2.05) is 0 Å². The standard InChI is InChI=1S/C13H20F3N3O/c1-12(2)5-3-9(4-6-12)11-18-10(20-19-11)7-17-8-13(14,15)16/h9,17H,3-8H2,1-2H3. The Morgan fingerprint density at radius 1 is 1.30 bits per heavy atom. The van der Waals surface area contributed by atoms with Gasteiger partial charge in [-0.1, -0.05) is 19.0 Å². The molecule has 0 aromatic carbocycles. The molecule has 0 unspecified atom stereocenters. The van der Waals surface area contributed by atoms with Gasteiger partial charge in [0.1, 0.15) is 0 Å². The highest BCUT2D eigenvalue weighted by molar-refractivity contribution is 4.99. The van der Waals surface area contributed by atoms with Gasteiger partial charge < -0.3 is 9.84 Å². The summed E-state index contributed by atoms with van der Waals surface area (Å²) in [7, 11) is 0. The maximum atomic E-state index is 12.0. The first kappa shape index (κ1) is 15.3. The average molecular weight is 291 g/mol. The molecule has 7 heteroatoms. The van der Waals surface area contributed by atoms with Crippen LogP contribution in [-0.4, -0.2) is 22.9 Å². The Kier molecular flexibility index (Phi) is 4.36. The summed E-state index contributed by atoms with van der Waals surface area (Å²) in [4.78, 5) is 4.19. The van der Waals surface area contributed by atoms with Crippen molar-refractivity contribution in [1.29, 1.82) is 0 Å². The van der Waals surface area contributed by atoms with E-state index < -0.39 is 12.7 Å². The molecule has 0 atom stereocenters. The Balaban J connectivity index is 1.83. The molecule has 0 bridgehead atoms. The van der Waals surface area contributed by atoms with Crippen molar-refractivity contribution in [3.05, 3.63) is 11.7 Å². The zero-order valence-electron chi connectivity index (χ0n) is 11.8. The SMILES string of the molecule is CC1(C)CCC(c2noc(CNCC(F)(F)F)n2)CC1. The molecule has 1 N–H and O–H groups in total. The van der Waals surface area contributed by atoms with Crippen molar-refractivity contribution >= 4 is 0 Å². The summed E-state index contributed by atoms with van der Waals surface area (Å²) >= 11 is 0. The molecule has 1 heterocycles. The number of hydrogen-bond acceptors (Lipinski definition) is 4. The smallest absolute Gasteiger partial charge is 0.338 e. The second-order valence-electron chi connectivity index (χ2n) is 6.20. The molecule has 0 saturated heterocycles. The van der Waals surface area contributed by atoms with Gasteiger partial charge in [-0.15, -0.1) is 0 Å². The highest BCUT2D eigenvalue weighted by atomic mass is 19.4. The molecule has 20 heavy (non-hydrogen) atoms. The first-order valence-corrected chi connectivity index (χ1v) is 6.85. The predicted octanol–water partition coefficient (Wildman–Crippen LogP) is 3.41. The van der Waals surface area contributed by atoms with Gasteiger partial charge in [0, 0.05) is 5.92 Å². The molecule has 0 amide bonds. The van der Waals surface area contributed by atoms with Crippen molar-refractivity contribution in [2.45, 2.75) is 58.2 Å². The highest BCUT2D eigenvalue weighted by Crippen LogP contribution is 2.41. The fraction of sp³-hybridized carbons (Fsp3) is 0.846. The largest absolute Gasteiger partial charge is 0.401 e. The van der Waals surface area contributed by atoms with Crippen molar-refractivity contribution in [3.8, 4) is 0 Å². The molecular weight excluding hydrogens is 271 g/mol. The van der Waals surface area contributed by atoms with E-state index in [4.69, 9.17) is 4.52 Å².